The monoisotopic (exact) mass is 700 g/mol. The molecule has 3 aliphatic rings. The number of anilines is 1. The maximum atomic E-state index is 15.2. The first-order chi connectivity index (χ1) is 22.4. The number of halogens is 3. The third-order valence-corrected chi connectivity index (χ3v) is 12.1. The lowest BCUT2D eigenvalue weighted by Gasteiger charge is -2.48. The number of fused-ring (bicyclic) bond motifs is 3. The zero-order chi connectivity index (χ0) is 34.6. The van der Waals surface area contributed by atoms with Crippen LogP contribution in [0.1, 0.15) is 57.2 Å². The number of sulfonamides is 1. The summed E-state index contributed by atoms with van der Waals surface area (Å²) < 4.78 is 80.1. The molecule has 10 nitrogen and oxygen atoms in total. The number of thiazole rings is 1. The van der Waals surface area contributed by atoms with Crippen molar-refractivity contribution in [3.8, 4) is 10.6 Å². The van der Waals surface area contributed by atoms with Gasteiger partial charge in [-0.2, -0.15) is 13.2 Å². The molecule has 0 unspecified atom stereocenters. The Labute approximate surface area is 277 Å². The summed E-state index contributed by atoms with van der Waals surface area (Å²) in [5.41, 5.74) is -1.68. The number of carbonyl (C=O) groups is 2. The van der Waals surface area contributed by atoms with Gasteiger partial charge < -0.3 is 9.32 Å². The second kappa shape index (κ2) is 10.7. The van der Waals surface area contributed by atoms with E-state index in [1.54, 1.807) is 0 Å². The normalized spacial score (nSPS) is 18.7. The molecule has 0 bridgehead atoms. The van der Waals surface area contributed by atoms with Gasteiger partial charge in [-0.05, 0) is 53.5 Å². The first-order valence-corrected chi connectivity index (χ1v) is 17.6. The second-order valence-corrected chi connectivity index (χ2v) is 16.4. The molecule has 0 saturated heterocycles. The van der Waals surface area contributed by atoms with Crippen molar-refractivity contribution in [1.29, 1.82) is 0 Å². The molecule has 48 heavy (non-hydrogen) atoms. The summed E-state index contributed by atoms with van der Waals surface area (Å²) in [5.74, 6) is -1.11. The van der Waals surface area contributed by atoms with Crippen LogP contribution in [0.3, 0.4) is 0 Å². The van der Waals surface area contributed by atoms with E-state index in [2.05, 4.69) is 14.6 Å². The minimum Gasteiger partial charge on any atom is -0.422 e. The van der Waals surface area contributed by atoms with Crippen molar-refractivity contribution >= 4 is 60.0 Å². The fourth-order valence-electron chi connectivity index (χ4n) is 6.92. The molecule has 2 amide bonds. The van der Waals surface area contributed by atoms with Gasteiger partial charge in [0.25, 0.3) is 11.8 Å². The molecule has 4 aromatic rings. The predicted octanol–water partition coefficient (Wildman–Crippen LogP) is 5.46. The Morgan fingerprint density at radius 1 is 1.00 bits per heavy atom. The second-order valence-electron chi connectivity index (χ2n) is 13.6. The lowest BCUT2D eigenvalue weighted by Crippen LogP contribution is -2.45. The van der Waals surface area contributed by atoms with E-state index in [0.717, 1.165) is 59.1 Å². The maximum absolute atomic E-state index is 15.2. The van der Waals surface area contributed by atoms with Crippen LogP contribution < -0.4 is 15.2 Å². The van der Waals surface area contributed by atoms with Crippen LogP contribution in [0.4, 0.5) is 18.9 Å². The Morgan fingerprint density at radius 2 is 1.67 bits per heavy atom. The van der Waals surface area contributed by atoms with Crippen molar-refractivity contribution in [2.75, 3.05) is 31.1 Å². The van der Waals surface area contributed by atoms with E-state index in [9.17, 15) is 22.8 Å². The fraction of sp³-hybridized carbons (Fsp3) is 0.394. The van der Waals surface area contributed by atoms with Gasteiger partial charge in [-0.15, -0.1) is 11.3 Å². The van der Waals surface area contributed by atoms with Gasteiger partial charge in [0, 0.05) is 55.0 Å². The molecule has 3 aliphatic heterocycles. The third-order valence-electron chi connectivity index (χ3n) is 9.60. The molecule has 5 heterocycles. The molecule has 252 valence electrons. The van der Waals surface area contributed by atoms with Crippen LogP contribution in [0.15, 0.2) is 50.5 Å². The number of benzene rings is 2. The van der Waals surface area contributed by atoms with Crippen molar-refractivity contribution in [1.82, 2.24) is 14.6 Å². The lowest BCUT2D eigenvalue weighted by atomic mass is 9.69. The van der Waals surface area contributed by atoms with E-state index in [4.69, 9.17) is 4.42 Å². The average Bonchev–Trinajstić information content (AvgIpc) is 3.56. The fourth-order valence-corrected chi connectivity index (χ4v) is 9.08. The van der Waals surface area contributed by atoms with Crippen molar-refractivity contribution < 1.29 is 35.6 Å². The molecule has 0 fully saturated rings. The quantitative estimate of drug-likeness (QED) is 0.208. The first kappa shape index (κ1) is 32.5. The number of carbonyl (C=O) groups excluding carboxylic acids is 2. The Morgan fingerprint density at radius 3 is 2.33 bits per heavy atom. The number of hydrogen-bond donors (Lipinski definition) is 1. The smallest absolute Gasteiger partial charge is 0.418 e. The van der Waals surface area contributed by atoms with E-state index < -0.39 is 55.6 Å². The van der Waals surface area contributed by atoms with Crippen LogP contribution in [0.2, 0.25) is 0 Å². The topological polar surface area (TPSA) is 130 Å². The van der Waals surface area contributed by atoms with Crippen LogP contribution in [0, 0.1) is 0 Å². The zero-order valence-electron chi connectivity index (χ0n) is 26.4. The molecule has 0 spiro atoms. The number of hydrogen-bond acceptors (Lipinski definition) is 9. The summed E-state index contributed by atoms with van der Waals surface area (Å²) in [5, 5.41) is -0.451. The van der Waals surface area contributed by atoms with E-state index >= 15 is 13.2 Å². The van der Waals surface area contributed by atoms with Crippen LogP contribution in [-0.2, 0) is 36.6 Å². The average molecular weight is 701 g/mol. The van der Waals surface area contributed by atoms with Gasteiger partial charge in [0.1, 0.15) is 16.2 Å². The van der Waals surface area contributed by atoms with Crippen molar-refractivity contribution in [3.63, 3.8) is 0 Å². The summed E-state index contributed by atoms with van der Waals surface area (Å²) in [6.07, 6.45) is -1.35. The molecule has 7 rings (SSSR count). The van der Waals surface area contributed by atoms with Gasteiger partial charge in [0.15, 0.2) is 0 Å². The molecular weight excluding hydrogens is 670 g/mol. The lowest BCUT2D eigenvalue weighted by molar-refractivity contribution is -0.137. The summed E-state index contributed by atoms with van der Waals surface area (Å²) >= 11 is 0.751. The number of nitrogens with one attached hydrogen (secondary N) is 1. The highest BCUT2D eigenvalue weighted by Gasteiger charge is 2.46. The molecule has 2 aromatic carbocycles. The molecule has 1 N–H and O–H groups in total. The zero-order valence-corrected chi connectivity index (χ0v) is 28.1. The highest BCUT2D eigenvalue weighted by molar-refractivity contribution is 7.89. The van der Waals surface area contributed by atoms with Crippen molar-refractivity contribution in [2.24, 2.45) is 0 Å². The van der Waals surface area contributed by atoms with Crippen molar-refractivity contribution in [3.05, 3.63) is 63.5 Å². The minimum atomic E-state index is -4.95. The van der Waals surface area contributed by atoms with E-state index in [0.29, 0.717) is 12.0 Å². The molecule has 15 heteroatoms. The Kier molecular flexibility index (Phi) is 7.24. The van der Waals surface area contributed by atoms with Gasteiger partial charge in [-0.25, -0.2) is 22.9 Å². The van der Waals surface area contributed by atoms with Crippen LogP contribution in [0.25, 0.3) is 31.8 Å². The number of amides is 2. The summed E-state index contributed by atoms with van der Waals surface area (Å²) in [6, 6.07) is 5.36. The Balaban J connectivity index is 1.35. The molecule has 0 saturated carbocycles. The van der Waals surface area contributed by atoms with Gasteiger partial charge >= 0.3 is 11.8 Å². The van der Waals surface area contributed by atoms with Crippen LogP contribution in [-0.4, -0.2) is 56.3 Å². The number of nitrogens with zero attached hydrogens (tertiary/aromatic N) is 3. The summed E-state index contributed by atoms with van der Waals surface area (Å²) in [7, 11) is -4.14. The number of aromatic nitrogens is 1. The van der Waals surface area contributed by atoms with Gasteiger partial charge in [-0.3, -0.25) is 14.5 Å². The molecular formula is C33H31F3N4O6S2. The Bertz CT molecular complexity index is 2250. The SMILES string of the molecule is CC1(C)CCN2CCC(C)(C)c3c2c1cc1c(C(F)(F)F)c(-c2nc4ccc(S(=O)(=O)NCCN5C(=O)C=CC5=O)cc4s2)c(=O)oc31. The first-order valence-electron chi connectivity index (χ1n) is 15.3. The summed E-state index contributed by atoms with van der Waals surface area (Å²) in [6.45, 7) is 8.99. The number of rotatable bonds is 6. The van der Waals surface area contributed by atoms with Gasteiger partial charge in [0.2, 0.25) is 10.0 Å². The molecule has 0 atom stereocenters. The van der Waals surface area contributed by atoms with Gasteiger partial charge in [-0.1, -0.05) is 27.7 Å². The highest BCUT2D eigenvalue weighted by Crippen LogP contribution is 2.54. The van der Waals surface area contributed by atoms with Crippen molar-refractivity contribution in [2.45, 2.75) is 62.4 Å². The Hall–Kier alpha value is -4.08. The minimum absolute atomic E-state index is 0.0732. The van der Waals surface area contributed by atoms with Crippen LogP contribution in [0.5, 0.6) is 0 Å². The number of imide groups is 1. The standard InChI is InChI=1S/C33H31F3N4O6S2/c1-31(2)9-12-39-13-10-32(3,4)26-27(39)19(31)16-18-25(33(34,35)36)24(30(43)46-28(18)26)29-38-20-6-5-17(15-21(20)47-29)48(44,45)37-11-14-40-22(41)7-8-23(40)42/h5-8,15-16,37H,9-14H2,1-4H3. The van der Waals surface area contributed by atoms with E-state index in [1.165, 1.54) is 24.3 Å². The molecule has 2 aromatic heterocycles. The highest BCUT2D eigenvalue weighted by atomic mass is 32.2. The predicted molar refractivity (Wildman–Crippen MR) is 175 cm³/mol. The maximum Gasteiger partial charge on any atom is 0.418 e. The van der Waals surface area contributed by atoms with E-state index in [-0.39, 0.29) is 44.2 Å². The molecule has 0 radical (unpaired) electrons. The number of alkyl halides is 3. The molecule has 0 aliphatic carbocycles. The van der Waals surface area contributed by atoms with Gasteiger partial charge in [0.05, 0.1) is 20.7 Å². The van der Waals surface area contributed by atoms with Crippen LogP contribution >= 0.6 is 11.3 Å². The summed E-state index contributed by atoms with van der Waals surface area (Å²) in [4.78, 5) is 44.4. The largest absolute Gasteiger partial charge is 0.422 e. The third kappa shape index (κ3) is 5.13. The van der Waals surface area contributed by atoms with E-state index in [1.807, 2.05) is 27.7 Å².